The number of hydrogen-bond donors (Lipinski definition) is 7. The van der Waals surface area contributed by atoms with Crippen LogP contribution in [0.25, 0.3) is 10.8 Å². The number of aromatic hydroxyl groups is 1. The van der Waals surface area contributed by atoms with Crippen LogP contribution in [0.2, 0.25) is 5.28 Å². The third-order valence-corrected chi connectivity index (χ3v) is 8.79. The van der Waals surface area contributed by atoms with Crippen molar-refractivity contribution >= 4 is 86.1 Å². The van der Waals surface area contributed by atoms with Crippen LogP contribution in [0.1, 0.15) is 0 Å². The standard InChI is InChI=1S/C19H14ClN5O13S4/c20-17-23-18(21-12-5-9(39(27,28)29)1-2-15(12)42(36,37)38)25-19(24-17)22-13-6-10(40(30,31)32)3-8-4-11(41(33,34)35)7-14(26)16(8)13/h1-7,26H,(H,27,28,29)(H,30,31,32)(H,33,34,35)(H,36,37,38)(H2,21,22,23,24,25). The van der Waals surface area contributed by atoms with Crippen molar-refractivity contribution in [2.45, 2.75) is 19.6 Å². The molecule has 0 fully saturated rings. The van der Waals surface area contributed by atoms with Crippen molar-refractivity contribution in [3.05, 3.63) is 47.7 Å². The maximum Gasteiger partial charge on any atom is 0.296 e. The van der Waals surface area contributed by atoms with Crippen LogP contribution in [0.3, 0.4) is 0 Å². The number of benzene rings is 3. The first-order valence-corrected chi connectivity index (χ1v) is 16.6. The monoisotopic (exact) mass is 683 g/mol. The van der Waals surface area contributed by atoms with E-state index >= 15 is 0 Å². The fourth-order valence-electron chi connectivity index (χ4n) is 3.53. The quantitative estimate of drug-likeness (QED) is 0.130. The van der Waals surface area contributed by atoms with Gasteiger partial charge in [-0.05, 0) is 53.4 Å². The molecule has 0 radical (unpaired) electrons. The second-order valence-corrected chi connectivity index (χ2v) is 14.1. The molecule has 1 heterocycles. The first-order chi connectivity index (χ1) is 19.1. The van der Waals surface area contributed by atoms with E-state index < -0.39 is 88.7 Å². The van der Waals surface area contributed by atoms with Gasteiger partial charge in [-0.2, -0.15) is 48.6 Å². The first-order valence-electron chi connectivity index (χ1n) is 10.4. The van der Waals surface area contributed by atoms with Gasteiger partial charge in [-0.25, -0.2) is 0 Å². The first kappa shape index (κ1) is 31.2. The van der Waals surface area contributed by atoms with E-state index in [1.165, 1.54) is 0 Å². The molecule has 0 spiro atoms. The molecule has 18 nitrogen and oxygen atoms in total. The van der Waals surface area contributed by atoms with Gasteiger partial charge >= 0.3 is 0 Å². The normalized spacial score (nSPS) is 12.8. The van der Waals surface area contributed by atoms with Crippen molar-refractivity contribution in [2.24, 2.45) is 0 Å². The summed E-state index contributed by atoms with van der Waals surface area (Å²) >= 11 is 5.91. The summed E-state index contributed by atoms with van der Waals surface area (Å²) in [5.74, 6) is -1.92. The molecular weight excluding hydrogens is 670 g/mol. The molecule has 224 valence electrons. The van der Waals surface area contributed by atoms with Crippen LogP contribution < -0.4 is 10.6 Å². The molecule has 0 amide bonds. The zero-order valence-electron chi connectivity index (χ0n) is 19.9. The van der Waals surface area contributed by atoms with E-state index in [0.29, 0.717) is 24.3 Å². The lowest BCUT2D eigenvalue weighted by atomic mass is 10.1. The van der Waals surface area contributed by atoms with Crippen molar-refractivity contribution in [3.8, 4) is 5.75 Å². The number of phenols is 1. The number of anilines is 4. The van der Waals surface area contributed by atoms with Gasteiger partial charge in [0.05, 0.1) is 26.1 Å². The topological polar surface area (TPSA) is 300 Å². The Morgan fingerprint density at radius 3 is 1.57 bits per heavy atom. The highest BCUT2D eigenvalue weighted by atomic mass is 35.5. The molecule has 1 aromatic heterocycles. The Balaban J connectivity index is 1.87. The number of fused-ring (bicyclic) bond motifs is 1. The van der Waals surface area contributed by atoms with Gasteiger partial charge in [-0.3, -0.25) is 18.2 Å². The molecule has 23 heteroatoms. The van der Waals surface area contributed by atoms with Gasteiger partial charge in [-0.1, -0.05) is 0 Å². The number of aromatic nitrogens is 3. The Kier molecular flexibility index (Phi) is 7.81. The highest BCUT2D eigenvalue weighted by molar-refractivity contribution is 7.86. The molecule has 0 aliphatic heterocycles. The molecular formula is C19H14ClN5O13S4. The predicted molar refractivity (Wildman–Crippen MR) is 143 cm³/mol. The molecule has 0 aliphatic rings. The number of nitrogens with zero attached hydrogens (tertiary/aromatic N) is 3. The van der Waals surface area contributed by atoms with Crippen LogP contribution in [-0.4, -0.2) is 71.9 Å². The van der Waals surface area contributed by atoms with Gasteiger partial charge in [0.15, 0.2) is 0 Å². The van der Waals surface area contributed by atoms with Gasteiger partial charge in [0, 0.05) is 11.5 Å². The second-order valence-electron chi connectivity index (χ2n) is 8.07. The minimum atomic E-state index is -4.97. The maximum absolute atomic E-state index is 11.9. The highest BCUT2D eigenvalue weighted by Crippen LogP contribution is 2.38. The van der Waals surface area contributed by atoms with Crippen LogP contribution in [0, 0.1) is 0 Å². The fraction of sp³-hybridized carbons (Fsp3) is 0. The van der Waals surface area contributed by atoms with Crippen LogP contribution in [0.4, 0.5) is 23.3 Å². The summed E-state index contributed by atoms with van der Waals surface area (Å²) in [5.41, 5.74) is -1.00. The van der Waals surface area contributed by atoms with Crippen LogP contribution >= 0.6 is 11.6 Å². The van der Waals surface area contributed by atoms with E-state index in [9.17, 15) is 57.0 Å². The van der Waals surface area contributed by atoms with E-state index in [4.69, 9.17) is 11.6 Å². The molecule has 7 N–H and O–H groups in total. The number of rotatable bonds is 8. The zero-order chi connectivity index (χ0) is 31.4. The molecule has 0 saturated carbocycles. The van der Waals surface area contributed by atoms with E-state index in [0.717, 1.165) is 18.2 Å². The molecule has 0 saturated heterocycles. The van der Waals surface area contributed by atoms with Gasteiger partial charge in [0.2, 0.25) is 17.2 Å². The largest absolute Gasteiger partial charge is 0.507 e. The van der Waals surface area contributed by atoms with E-state index in [2.05, 4.69) is 25.6 Å². The minimum absolute atomic E-state index is 0.254. The number of halogens is 1. The molecule has 0 aliphatic carbocycles. The Hall–Kier alpha value is -3.74. The zero-order valence-corrected chi connectivity index (χ0v) is 23.9. The summed E-state index contributed by atoms with van der Waals surface area (Å²) in [6.45, 7) is 0. The predicted octanol–water partition coefficient (Wildman–Crippen LogP) is 1.86. The van der Waals surface area contributed by atoms with Gasteiger partial charge in [0.1, 0.15) is 10.6 Å². The second kappa shape index (κ2) is 10.5. The van der Waals surface area contributed by atoms with E-state index in [1.807, 2.05) is 0 Å². The Morgan fingerprint density at radius 2 is 1.07 bits per heavy atom. The smallest absolute Gasteiger partial charge is 0.296 e. The summed E-state index contributed by atoms with van der Waals surface area (Å²) in [5, 5.41) is 14.1. The number of hydrogen-bond acceptors (Lipinski definition) is 14. The van der Waals surface area contributed by atoms with Crippen LogP contribution in [-0.2, 0) is 40.5 Å². The minimum Gasteiger partial charge on any atom is -0.507 e. The summed E-state index contributed by atoms with van der Waals surface area (Å²) < 4.78 is 131. The van der Waals surface area contributed by atoms with Crippen molar-refractivity contribution in [1.29, 1.82) is 0 Å². The number of nitrogens with one attached hydrogen (secondary N) is 2. The molecule has 0 atom stereocenters. The third kappa shape index (κ3) is 6.83. The highest BCUT2D eigenvalue weighted by Gasteiger charge is 2.23. The molecule has 4 rings (SSSR count). The summed E-state index contributed by atoms with van der Waals surface area (Å²) in [7, 11) is -19.6. The number of phenolic OH excluding ortho intramolecular Hbond substituents is 1. The van der Waals surface area contributed by atoms with Crippen LogP contribution in [0.15, 0.2) is 62.0 Å². The van der Waals surface area contributed by atoms with Crippen molar-refractivity contribution in [3.63, 3.8) is 0 Å². The van der Waals surface area contributed by atoms with Gasteiger partial charge in [0.25, 0.3) is 40.5 Å². The van der Waals surface area contributed by atoms with E-state index in [-0.39, 0.29) is 16.5 Å². The van der Waals surface area contributed by atoms with Gasteiger partial charge in [-0.15, -0.1) is 0 Å². The van der Waals surface area contributed by atoms with Gasteiger partial charge < -0.3 is 15.7 Å². The Morgan fingerprint density at radius 1 is 0.595 bits per heavy atom. The fourth-order valence-corrected chi connectivity index (χ4v) is 5.90. The van der Waals surface area contributed by atoms with Crippen LogP contribution in [0.5, 0.6) is 5.75 Å². The Bertz CT molecular complexity index is 2220. The third-order valence-electron chi connectivity index (χ3n) is 5.20. The molecule has 3 aromatic carbocycles. The summed E-state index contributed by atoms with van der Waals surface area (Å²) in [6, 6.07) is 4.97. The van der Waals surface area contributed by atoms with Crippen molar-refractivity contribution < 1.29 is 57.0 Å². The molecule has 0 bridgehead atoms. The molecule has 42 heavy (non-hydrogen) atoms. The lowest BCUT2D eigenvalue weighted by Crippen LogP contribution is -2.09. The lowest BCUT2D eigenvalue weighted by Gasteiger charge is -2.14. The maximum atomic E-state index is 11.9. The average molecular weight is 684 g/mol. The molecule has 4 aromatic rings. The van der Waals surface area contributed by atoms with Crippen molar-refractivity contribution in [1.82, 2.24) is 15.0 Å². The summed E-state index contributed by atoms with van der Waals surface area (Å²) in [6.07, 6.45) is 0. The van der Waals surface area contributed by atoms with Crippen molar-refractivity contribution in [2.75, 3.05) is 10.6 Å². The Labute approximate surface area is 241 Å². The summed E-state index contributed by atoms with van der Waals surface area (Å²) in [4.78, 5) is 8.03. The lowest BCUT2D eigenvalue weighted by molar-refractivity contribution is 0.471. The average Bonchev–Trinajstić information content (AvgIpc) is 2.80. The SMILES string of the molecule is O=S(=O)(O)c1ccc(S(=O)(=O)O)c(Nc2nc(Cl)nc(Nc3cc(S(=O)(=O)O)cc4cc(S(=O)(=O)O)cc(O)c34)n2)c1. The van der Waals surface area contributed by atoms with E-state index in [1.54, 1.807) is 0 Å². The molecule has 0 unspecified atom stereocenters.